The van der Waals surface area contributed by atoms with Crippen LogP contribution in [0.4, 0.5) is 0 Å². The molecule has 0 saturated carbocycles. The lowest BCUT2D eigenvalue weighted by molar-refractivity contribution is -0.117. The maximum absolute atomic E-state index is 12.4. The summed E-state index contributed by atoms with van der Waals surface area (Å²) >= 11 is 1.48. The first-order chi connectivity index (χ1) is 12.7. The van der Waals surface area contributed by atoms with Gasteiger partial charge in [-0.1, -0.05) is 29.5 Å². The SMILES string of the molecule is Cc1ccc2c(c1)sc(=NC(=O)Cc1ccc(S(=O)(=O)C(C)C)cc1)n2C. The van der Waals surface area contributed by atoms with E-state index in [1.165, 1.54) is 16.9 Å². The van der Waals surface area contributed by atoms with Gasteiger partial charge in [0.25, 0.3) is 5.91 Å². The van der Waals surface area contributed by atoms with E-state index in [1.54, 1.807) is 38.1 Å². The molecule has 0 atom stereocenters. The highest BCUT2D eigenvalue weighted by Gasteiger charge is 2.18. The molecule has 0 N–H and O–H groups in total. The highest BCUT2D eigenvalue weighted by molar-refractivity contribution is 7.92. The summed E-state index contributed by atoms with van der Waals surface area (Å²) in [6, 6.07) is 12.6. The van der Waals surface area contributed by atoms with E-state index < -0.39 is 15.1 Å². The van der Waals surface area contributed by atoms with Gasteiger partial charge in [-0.3, -0.25) is 4.79 Å². The van der Waals surface area contributed by atoms with Gasteiger partial charge in [0.2, 0.25) is 0 Å². The highest BCUT2D eigenvalue weighted by Crippen LogP contribution is 2.19. The number of carbonyl (C=O) groups is 1. The van der Waals surface area contributed by atoms with Crippen molar-refractivity contribution in [2.45, 2.75) is 37.3 Å². The number of benzene rings is 2. The second kappa shape index (κ2) is 7.40. The molecule has 1 amide bonds. The second-order valence-corrected chi connectivity index (χ2v) is 10.3. The molecule has 0 saturated heterocycles. The number of thiazole rings is 1. The number of aryl methyl sites for hydroxylation is 2. The van der Waals surface area contributed by atoms with Crippen LogP contribution < -0.4 is 4.80 Å². The maximum atomic E-state index is 12.4. The van der Waals surface area contributed by atoms with Gasteiger partial charge in [-0.2, -0.15) is 4.99 Å². The number of hydrogen-bond donors (Lipinski definition) is 0. The number of carbonyl (C=O) groups excluding carboxylic acids is 1. The largest absolute Gasteiger partial charge is 0.319 e. The summed E-state index contributed by atoms with van der Waals surface area (Å²) in [6.45, 7) is 5.33. The molecule has 0 aliphatic carbocycles. The predicted octanol–water partition coefficient (Wildman–Crippen LogP) is 3.40. The van der Waals surface area contributed by atoms with Gasteiger partial charge in [-0.25, -0.2) is 8.42 Å². The van der Waals surface area contributed by atoms with Gasteiger partial charge in [-0.15, -0.1) is 0 Å². The van der Waals surface area contributed by atoms with E-state index in [4.69, 9.17) is 0 Å². The quantitative estimate of drug-likeness (QED) is 0.672. The van der Waals surface area contributed by atoms with Crippen molar-refractivity contribution in [2.24, 2.45) is 12.0 Å². The van der Waals surface area contributed by atoms with E-state index in [9.17, 15) is 13.2 Å². The summed E-state index contributed by atoms with van der Waals surface area (Å²) in [7, 11) is -1.41. The van der Waals surface area contributed by atoms with E-state index in [2.05, 4.69) is 11.1 Å². The summed E-state index contributed by atoms with van der Waals surface area (Å²) in [5.74, 6) is -0.256. The van der Waals surface area contributed by atoms with Crippen molar-refractivity contribution in [3.05, 3.63) is 58.4 Å². The third kappa shape index (κ3) is 4.04. The number of sulfone groups is 1. The van der Waals surface area contributed by atoms with Crippen molar-refractivity contribution in [1.29, 1.82) is 0 Å². The van der Waals surface area contributed by atoms with Gasteiger partial charge in [0.1, 0.15) is 0 Å². The first-order valence-corrected chi connectivity index (χ1v) is 11.0. The van der Waals surface area contributed by atoms with Crippen molar-refractivity contribution in [1.82, 2.24) is 4.57 Å². The summed E-state index contributed by atoms with van der Waals surface area (Å²) in [6.07, 6.45) is 0.134. The average molecular weight is 403 g/mol. The molecule has 3 rings (SSSR count). The number of rotatable bonds is 4. The first-order valence-electron chi connectivity index (χ1n) is 8.65. The summed E-state index contributed by atoms with van der Waals surface area (Å²) in [4.78, 5) is 17.5. The Balaban J connectivity index is 1.84. The van der Waals surface area contributed by atoms with Crippen LogP contribution in [0.3, 0.4) is 0 Å². The van der Waals surface area contributed by atoms with Crippen LogP contribution in [0, 0.1) is 6.92 Å². The van der Waals surface area contributed by atoms with Crippen LogP contribution in [0.2, 0.25) is 0 Å². The van der Waals surface area contributed by atoms with Crippen LogP contribution in [0.15, 0.2) is 52.4 Å². The molecule has 1 aromatic heterocycles. The molecule has 3 aromatic rings. The normalized spacial score (nSPS) is 12.9. The minimum absolute atomic E-state index is 0.134. The molecule has 142 valence electrons. The Labute approximate surface area is 162 Å². The Morgan fingerprint density at radius 1 is 1.15 bits per heavy atom. The molecule has 27 heavy (non-hydrogen) atoms. The van der Waals surface area contributed by atoms with Gasteiger partial charge >= 0.3 is 0 Å². The van der Waals surface area contributed by atoms with Gasteiger partial charge in [-0.05, 0) is 56.2 Å². The van der Waals surface area contributed by atoms with Crippen LogP contribution in [0.25, 0.3) is 10.2 Å². The lowest BCUT2D eigenvalue weighted by Crippen LogP contribution is -2.15. The van der Waals surface area contributed by atoms with Crippen LogP contribution in [-0.2, 0) is 28.1 Å². The second-order valence-electron chi connectivity index (χ2n) is 6.83. The third-order valence-corrected chi connectivity index (χ3v) is 7.68. The monoisotopic (exact) mass is 402 g/mol. The van der Waals surface area contributed by atoms with Gasteiger partial charge in [0.15, 0.2) is 14.6 Å². The first kappa shape index (κ1) is 19.5. The van der Waals surface area contributed by atoms with E-state index in [0.717, 1.165) is 15.8 Å². The summed E-state index contributed by atoms with van der Waals surface area (Å²) in [5, 5.41) is -0.475. The zero-order valence-electron chi connectivity index (χ0n) is 15.8. The Morgan fingerprint density at radius 3 is 2.44 bits per heavy atom. The lowest BCUT2D eigenvalue weighted by atomic mass is 10.1. The Hall–Kier alpha value is -2.25. The summed E-state index contributed by atoms with van der Waals surface area (Å²) in [5.41, 5.74) is 2.95. The van der Waals surface area contributed by atoms with Gasteiger partial charge < -0.3 is 4.57 Å². The van der Waals surface area contributed by atoms with E-state index in [-0.39, 0.29) is 17.2 Å². The van der Waals surface area contributed by atoms with Crippen LogP contribution >= 0.6 is 11.3 Å². The van der Waals surface area contributed by atoms with E-state index in [0.29, 0.717) is 4.80 Å². The molecule has 0 unspecified atom stereocenters. The molecule has 0 bridgehead atoms. The fraction of sp³-hybridized carbons (Fsp3) is 0.300. The van der Waals surface area contributed by atoms with Crippen molar-refractivity contribution >= 4 is 37.3 Å². The Bertz CT molecular complexity index is 1170. The predicted molar refractivity (Wildman–Crippen MR) is 109 cm³/mol. The smallest absolute Gasteiger partial charge is 0.252 e. The molecule has 0 fully saturated rings. The maximum Gasteiger partial charge on any atom is 0.252 e. The standard InChI is InChI=1S/C20H22N2O3S2/c1-13(2)27(24,25)16-8-6-15(7-9-16)12-19(23)21-20-22(4)17-10-5-14(3)11-18(17)26-20/h5-11,13H,12H2,1-4H3. The molecular weight excluding hydrogens is 380 g/mol. The molecule has 0 aliphatic rings. The van der Waals surface area contributed by atoms with E-state index in [1.807, 2.05) is 30.7 Å². The third-order valence-electron chi connectivity index (χ3n) is 4.41. The molecule has 5 nitrogen and oxygen atoms in total. The zero-order valence-corrected chi connectivity index (χ0v) is 17.4. The molecule has 7 heteroatoms. The number of fused-ring (bicyclic) bond motifs is 1. The van der Waals surface area contributed by atoms with Crippen molar-refractivity contribution in [3.63, 3.8) is 0 Å². The van der Waals surface area contributed by atoms with E-state index >= 15 is 0 Å². The van der Waals surface area contributed by atoms with Crippen LogP contribution in [-0.4, -0.2) is 24.1 Å². The lowest BCUT2D eigenvalue weighted by Gasteiger charge is -2.08. The minimum atomic E-state index is -3.30. The van der Waals surface area contributed by atoms with Gasteiger partial charge in [0, 0.05) is 7.05 Å². The minimum Gasteiger partial charge on any atom is -0.319 e. The van der Waals surface area contributed by atoms with Gasteiger partial charge in [0.05, 0.1) is 26.8 Å². The molecular formula is C20H22N2O3S2. The summed E-state index contributed by atoms with van der Waals surface area (Å²) < 4.78 is 27.3. The fourth-order valence-corrected chi connectivity index (χ4v) is 4.93. The van der Waals surface area contributed by atoms with Crippen molar-refractivity contribution in [3.8, 4) is 0 Å². The number of hydrogen-bond acceptors (Lipinski definition) is 4. The Morgan fingerprint density at radius 2 is 1.81 bits per heavy atom. The van der Waals surface area contributed by atoms with Crippen molar-refractivity contribution in [2.75, 3.05) is 0 Å². The molecule has 0 spiro atoms. The van der Waals surface area contributed by atoms with Crippen molar-refractivity contribution < 1.29 is 13.2 Å². The molecule has 2 aromatic carbocycles. The average Bonchev–Trinajstić information content (AvgIpc) is 2.90. The topological polar surface area (TPSA) is 68.5 Å². The van der Waals surface area contributed by atoms with Crippen LogP contribution in [0.5, 0.6) is 0 Å². The number of amides is 1. The fourth-order valence-electron chi connectivity index (χ4n) is 2.74. The van der Waals surface area contributed by atoms with Crippen LogP contribution in [0.1, 0.15) is 25.0 Å². The molecule has 0 aliphatic heterocycles. The number of aromatic nitrogens is 1. The number of nitrogens with zero attached hydrogens (tertiary/aromatic N) is 2. The highest BCUT2D eigenvalue weighted by atomic mass is 32.2. The zero-order chi connectivity index (χ0) is 19.8. The Kier molecular flexibility index (Phi) is 5.35. The molecule has 0 radical (unpaired) electrons. The molecule has 1 heterocycles.